The largest absolute Gasteiger partial charge is 0.449 e. The Bertz CT molecular complexity index is 1140. The van der Waals surface area contributed by atoms with Gasteiger partial charge in [0.05, 0.1) is 13.2 Å². The lowest BCUT2D eigenvalue weighted by atomic mass is 9.83. The SMILES string of the molecule is O=C(NCCC1CC2COCC(C1)N2Cc1ccccc1)OCC1c2ccccc2-c2ccccc21. The number of amides is 1. The summed E-state index contributed by atoms with van der Waals surface area (Å²) < 4.78 is 11.6. The van der Waals surface area contributed by atoms with E-state index in [1.165, 1.54) is 27.8 Å². The highest BCUT2D eigenvalue weighted by Crippen LogP contribution is 2.44. The van der Waals surface area contributed by atoms with Crippen molar-refractivity contribution in [2.24, 2.45) is 5.92 Å². The summed E-state index contributed by atoms with van der Waals surface area (Å²) in [4.78, 5) is 15.2. The van der Waals surface area contributed by atoms with E-state index in [1.807, 2.05) is 0 Å². The third kappa shape index (κ3) is 4.78. The van der Waals surface area contributed by atoms with Crippen molar-refractivity contribution in [3.8, 4) is 11.1 Å². The minimum Gasteiger partial charge on any atom is -0.449 e. The molecule has 0 spiro atoms. The molecule has 5 nitrogen and oxygen atoms in total. The summed E-state index contributed by atoms with van der Waals surface area (Å²) in [5, 5.41) is 3.01. The van der Waals surface area contributed by atoms with E-state index in [-0.39, 0.29) is 12.0 Å². The Balaban J connectivity index is 0.988. The first-order valence-electron chi connectivity index (χ1n) is 13.2. The standard InChI is InChI=1S/C31H34N2O3/c34-31(36-21-30-28-12-6-4-10-26(28)27-11-5-7-13-29(27)30)32-15-14-23-16-24-19-35-20-25(17-23)33(24)18-22-8-2-1-3-9-22/h1-13,23-25,30H,14-21H2,(H,32,34). The molecule has 3 aromatic carbocycles. The molecule has 1 aliphatic carbocycles. The van der Waals surface area contributed by atoms with Gasteiger partial charge in [0, 0.05) is 31.1 Å². The second kappa shape index (κ2) is 10.5. The summed E-state index contributed by atoms with van der Waals surface area (Å²) in [7, 11) is 0. The van der Waals surface area contributed by atoms with Gasteiger partial charge in [0.2, 0.25) is 0 Å². The molecule has 6 rings (SSSR count). The maximum Gasteiger partial charge on any atom is 0.407 e. The number of hydrogen-bond acceptors (Lipinski definition) is 4. The highest BCUT2D eigenvalue weighted by atomic mass is 16.5. The minimum atomic E-state index is -0.318. The van der Waals surface area contributed by atoms with Crippen LogP contribution in [0.4, 0.5) is 4.79 Å². The Kier molecular flexibility index (Phi) is 6.75. The van der Waals surface area contributed by atoms with Crippen LogP contribution in [0.15, 0.2) is 78.9 Å². The molecular weight excluding hydrogens is 448 g/mol. The number of rotatable bonds is 7. The third-order valence-electron chi connectivity index (χ3n) is 8.14. The maximum absolute atomic E-state index is 12.6. The van der Waals surface area contributed by atoms with Crippen LogP contribution in [0, 0.1) is 5.92 Å². The molecule has 3 aliphatic rings. The first-order valence-corrected chi connectivity index (χ1v) is 13.2. The van der Waals surface area contributed by atoms with Gasteiger partial charge in [-0.05, 0) is 53.0 Å². The highest BCUT2D eigenvalue weighted by molar-refractivity contribution is 5.79. The molecule has 2 heterocycles. The van der Waals surface area contributed by atoms with Crippen LogP contribution >= 0.6 is 0 Å². The number of alkyl carbamates (subject to hydrolysis) is 1. The fraction of sp³-hybridized carbons (Fsp3) is 0.387. The van der Waals surface area contributed by atoms with Gasteiger partial charge < -0.3 is 14.8 Å². The second-order valence-corrected chi connectivity index (χ2v) is 10.4. The van der Waals surface area contributed by atoms with Crippen molar-refractivity contribution in [1.82, 2.24) is 10.2 Å². The molecule has 1 amide bonds. The van der Waals surface area contributed by atoms with Crippen molar-refractivity contribution >= 4 is 6.09 Å². The number of hydrogen-bond donors (Lipinski definition) is 1. The lowest BCUT2D eigenvalue weighted by molar-refractivity contribution is -0.0924. The number of carbonyl (C=O) groups excluding carboxylic acids is 1. The van der Waals surface area contributed by atoms with Crippen LogP contribution in [0.3, 0.4) is 0 Å². The maximum atomic E-state index is 12.6. The summed E-state index contributed by atoms with van der Waals surface area (Å²) in [6, 6.07) is 28.5. The molecule has 0 saturated carbocycles. The highest BCUT2D eigenvalue weighted by Gasteiger charge is 2.38. The molecule has 2 atom stereocenters. The molecule has 2 fully saturated rings. The van der Waals surface area contributed by atoms with Gasteiger partial charge in [-0.25, -0.2) is 4.79 Å². The summed E-state index contributed by atoms with van der Waals surface area (Å²) in [6.45, 7) is 3.61. The molecule has 36 heavy (non-hydrogen) atoms. The van der Waals surface area contributed by atoms with Crippen molar-refractivity contribution in [3.63, 3.8) is 0 Å². The molecule has 0 radical (unpaired) electrons. The summed E-state index contributed by atoms with van der Waals surface area (Å²) in [5.74, 6) is 0.696. The van der Waals surface area contributed by atoms with Crippen molar-refractivity contribution in [2.45, 2.75) is 43.8 Å². The Morgan fingerprint density at radius 2 is 1.47 bits per heavy atom. The first-order chi connectivity index (χ1) is 17.8. The van der Waals surface area contributed by atoms with Crippen molar-refractivity contribution in [3.05, 3.63) is 95.6 Å². The van der Waals surface area contributed by atoms with Gasteiger partial charge in [-0.3, -0.25) is 4.90 Å². The predicted octanol–water partition coefficient (Wildman–Crippen LogP) is 5.59. The molecule has 0 aromatic heterocycles. The fourth-order valence-electron chi connectivity index (χ4n) is 6.42. The monoisotopic (exact) mass is 482 g/mol. The van der Waals surface area contributed by atoms with E-state index in [0.717, 1.165) is 39.0 Å². The van der Waals surface area contributed by atoms with E-state index in [1.54, 1.807) is 0 Å². The van der Waals surface area contributed by atoms with E-state index in [9.17, 15) is 4.79 Å². The molecule has 186 valence electrons. The molecule has 5 heteroatoms. The van der Waals surface area contributed by atoms with Gasteiger partial charge in [0.15, 0.2) is 0 Å². The van der Waals surface area contributed by atoms with Gasteiger partial charge in [-0.2, -0.15) is 0 Å². The Hall–Kier alpha value is -3.15. The zero-order chi connectivity index (χ0) is 24.3. The number of carbonyl (C=O) groups is 1. The molecular formula is C31H34N2O3. The number of benzene rings is 3. The molecule has 2 saturated heterocycles. The Morgan fingerprint density at radius 1 is 0.861 bits per heavy atom. The zero-order valence-electron chi connectivity index (χ0n) is 20.6. The van der Waals surface area contributed by atoms with Crippen LogP contribution in [0.2, 0.25) is 0 Å². The number of morpholine rings is 1. The van der Waals surface area contributed by atoms with Crippen LogP contribution in [-0.4, -0.2) is 49.4 Å². The molecule has 2 aliphatic heterocycles. The molecule has 2 unspecified atom stereocenters. The van der Waals surface area contributed by atoms with Gasteiger partial charge in [-0.15, -0.1) is 0 Å². The predicted molar refractivity (Wildman–Crippen MR) is 141 cm³/mol. The van der Waals surface area contributed by atoms with Crippen molar-refractivity contribution in [1.29, 1.82) is 0 Å². The van der Waals surface area contributed by atoms with E-state index in [0.29, 0.717) is 31.2 Å². The fourth-order valence-corrected chi connectivity index (χ4v) is 6.42. The van der Waals surface area contributed by atoms with E-state index in [4.69, 9.17) is 9.47 Å². The third-order valence-corrected chi connectivity index (χ3v) is 8.14. The average molecular weight is 483 g/mol. The van der Waals surface area contributed by atoms with Gasteiger partial charge in [0.1, 0.15) is 6.61 Å². The summed E-state index contributed by atoms with van der Waals surface area (Å²) in [6.07, 6.45) is 2.91. The lowest BCUT2D eigenvalue weighted by Crippen LogP contribution is -2.56. The second-order valence-electron chi connectivity index (χ2n) is 10.4. The van der Waals surface area contributed by atoms with Crippen LogP contribution in [0.1, 0.15) is 41.9 Å². The number of piperidine rings is 1. The van der Waals surface area contributed by atoms with Crippen LogP contribution in [0.5, 0.6) is 0 Å². The zero-order valence-corrected chi connectivity index (χ0v) is 20.6. The van der Waals surface area contributed by atoms with E-state index < -0.39 is 0 Å². The number of fused-ring (bicyclic) bond motifs is 5. The van der Waals surface area contributed by atoms with Gasteiger partial charge in [-0.1, -0.05) is 78.9 Å². The Labute approximate surface area is 213 Å². The van der Waals surface area contributed by atoms with Crippen LogP contribution in [-0.2, 0) is 16.0 Å². The first kappa shape index (κ1) is 23.3. The van der Waals surface area contributed by atoms with Crippen molar-refractivity contribution in [2.75, 3.05) is 26.4 Å². The molecule has 3 aromatic rings. The number of nitrogens with one attached hydrogen (secondary N) is 1. The topological polar surface area (TPSA) is 50.8 Å². The minimum absolute atomic E-state index is 0.0940. The number of nitrogens with zero attached hydrogens (tertiary/aromatic N) is 1. The van der Waals surface area contributed by atoms with Gasteiger partial charge >= 0.3 is 6.09 Å². The smallest absolute Gasteiger partial charge is 0.407 e. The molecule has 1 N–H and O–H groups in total. The Morgan fingerprint density at radius 3 is 2.14 bits per heavy atom. The van der Waals surface area contributed by atoms with E-state index >= 15 is 0 Å². The van der Waals surface area contributed by atoms with Crippen LogP contribution < -0.4 is 5.32 Å². The number of ether oxygens (including phenoxy) is 2. The summed E-state index contributed by atoms with van der Waals surface area (Å²) in [5.41, 5.74) is 6.33. The average Bonchev–Trinajstić information content (AvgIpc) is 3.22. The summed E-state index contributed by atoms with van der Waals surface area (Å²) >= 11 is 0. The quantitative estimate of drug-likeness (QED) is 0.477. The van der Waals surface area contributed by atoms with Gasteiger partial charge in [0.25, 0.3) is 0 Å². The molecule has 2 bridgehead atoms. The lowest BCUT2D eigenvalue weighted by Gasteiger charge is -2.48. The van der Waals surface area contributed by atoms with Crippen molar-refractivity contribution < 1.29 is 14.3 Å². The normalized spacial score (nSPS) is 23.1. The van der Waals surface area contributed by atoms with Crippen LogP contribution in [0.25, 0.3) is 11.1 Å². The van der Waals surface area contributed by atoms with E-state index in [2.05, 4.69) is 89.1 Å².